The Bertz CT molecular complexity index is 737. The van der Waals surface area contributed by atoms with Crippen LogP contribution in [0.3, 0.4) is 0 Å². The molecule has 1 rings (SSSR count). The number of hydrogen-bond acceptors (Lipinski definition) is 12. The third kappa shape index (κ3) is 9.84. The second-order valence-electron chi connectivity index (χ2n) is 7.68. The summed E-state index contributed by atoms with van der Waals surface area (Å²) in [6.07, 6.45) is -10.6. The number of aliphatic hydroxyl groups excluding tert-OH is 5. The molecule has 1 aliphatic rings. The highest BCUT2D eigenvalue weighted by Gasteiger charge is 2.60. The summed E-state index contributed by atoms with van der Waals surface area (Å²) in [4.78, 5) is 48.9. The molecule has 202 valence electrons. The normalized spacial score (nSPS) is 30.1. The third-order valence-electron chi connectivity index (χ3n) is 4.83. The molecule has 0 spiro atoms. The van der Waals surface area contributed by atoms with Crippen molar-refractivity contribution in [2.45, 2.75) is 88.0 Å². The maximum absolute atomic E-state index is 12.4. The van der Waals surface area contributed by atoms with Crippen molar-refractivity contribution in [3.05, 3.63) is 0 Å². The summed E-state index contributed by atoms with van der Waals surface area (Å²) in [5.41, 5.74) is 0. The molecule has 18 heteroatoms. The van der Waals surface area contributed by atoms with Crippen LogP contribution in [0, 0.1) is 0 Å². The van der Waals surface area contributed by atoms with Gasteiger partial charge in [0.25, 0.3) is 0 Å². The Morgan fingerprint density at radius 2 is 1.65 bits per heavy atom. The molecule has 0 amide bonds. The highest BCUT2D eigenvalue weighted by Crippen LogP contribution is 2.47. The van der Waals surface area contributed by atoms with Gasteiger partial charge in [0.1, 0.15) is 18.3 Å². The highest BCUT2D eigenvalue weighted by molar-refractivity contribution is 7.46. The number of phosphoric ester groups is 2. The van der Waals surface area contributed by atoms with Gasteiger partial charge in [-0.25, -0.2) is 13.7 Å². The number of rotatable bonds is 14. The number of unbranched alkanes of at least 4 members (excludes halogenated alkanes) is 3. The number of carbonyl (C=O) groups is 1. The average Bonchev–Trinajstić information content (AvgIpc) is 2.69. The summed E-state index contributed by atoms with van der Waals surface area (Å²) in [6.45, 7) is 0.858. The molecule has 7 atom stereocenters. The molecule has 1 aliphatic heterocycles. The van der Waals surface area contributed by atoms with Crippen molar-refractivity contribution in [3.63, 3.8) is 0 Å². The van der Waals surface area contributed by atoms with E-state index in [1.165, 1.54) is 0 Å². The lowest BCUT2D eigenvalue weighted by atomic mass is 9.98. The lowest BCUT2D eigenvalue weighted by molar-refractivity contribution is -0.425. The molecular formula is C16H32O16P2. The molecule has 0 radical (unpaired) electrons. The van der Waals surface area contributed by atoms with Gasteiger partial charge in [0, 0.05) is 0 Å². The maximum Gasteiger partial charge on any atom is 0.474 e. The Labute approximate surface area is 194 Å². The van der Waals surface area contributed by atoms with E-state index in [-0.39, 0.29) is 6.42 Å². The summed E-state index contributed by atoms with van der Waals surface area (Å²) in [5.74, 6) is -4.98. The molecule has 16 nitrogen and oxygen atoms in total. The van der Waals surface area contributed by atoms with Gasteiger partial charge in [0.05, 0.1) is 25.2 Å². The standard InChI is InChI=1S/C16H32O16P2/c1-2-3-4-5-6-10(31-33(23,24)25)9(18)7-12(19)30-16(32-34(26,27)28)15(22)14(21)13(20)11(8-17)29-16/h9-11,13-15,17-18,20-22H,2-8H2,1H3,(H2,23,24,25)(H2,26,27,28)/t9?,10?,11-,13-,14+,15-,16?/m1/s1. The van der Waals surface area contributed by atoms with Gasteiger partial charge < -0.3 is 54.6 Å². The highest BCUT2D eigenvalue weighted by atomic mass is 31.2. The van der Waals surface area contributed by atoms with Gasteiger partial charge in [-0.15, -0.1) is 0 Å². The number of hydrogen-bond donors (Lipinski definition) is 9. The van der Waals surface area contributed by atoms with E-state index in [2.05, 4.69) is 9.05 Å². The first-order valence-corrected chi connectivity index (χ1v) is 13.3. The fourth-order valence-corrected chi connectivity index (χ4v) is 4.34. The predicted molar refractivity (Wildman–Crippen MR) is 108 cm³/mol. The van der Waals surface area contributed by atoms with Gasteiger partial charge in [0.15, 0.2) is 6.10 Å². The van der Waals surface area contributed by atoms with Gasteiger partial charge in [-0.05, 0) is 6.42 Å². The number of ether oxygens (including phenoxy) is 2. The Balaban J connectivity index is 3.06. The van der Waals surface area contributed by atoms with Crippen LogP contribution in [0.1, 0.15) is 45.4 Å². The van der Waals surface area contributed by atoms with Crippen LogP contribution in [-0.4, -0.2) is 100 Å². The lowest BCUT2D eigenvalue weighted by Crippen LogP contribution is -2.67. The van der Waals surface area contributed by atoms with E-state index in [1.807, 2.05) is 6.92 Å². The van der Waals surface area contributed by atoms with Crippen LogP contribution in [0.15, 0.2) is 0 Å². The fourth-order valence-electron chi connectivity index (χ4n) is 3.22. The predicted octanol–water partition coefficient (Wildman–Crippen LogP) is -2.03. The van der Waals surface area contributed by atoms with Gasteiger partial charge in [-0.1, -0.05) is 32.6 Å². The first kappa shape index (κ1) is 31.5. The van der Waals surface area contributed by atoms with Crippen LogP contribution in [0.5, 0.6) is 0 Å². The van der Waals surface area contributed by atoms with Crippen LogP contribution in [0.4, 0.5) is 0 Å². The Kier molecular flexibility index (Phi) is 12.2. The van der Waals surface area contributed by atoms with Crippen molar-refractivity contribution in [1.82, 2.24) is 0 Å². The maximum atomic E-state index is 12.4. The van der Waals surface area contributed by atoms with Gasteiger partial charge in [0.2, 0.25) is 0 Å². The first-order valence-electron chi connectivity index (χ1n) is 10.3. The lowest BCUT2D eigenvalue weighted by Gasteiger charge is -2.45. The van der Waals surface area contributed by atoms with E-state index in [0.717, 1.165) is 12.8 Å². The fraction of sp³-hybridized carbons (Fsp3) is 0.938. The Morgan fingerprint density at radius 3 is 2.15 bits per heavy atom. The van der Waals surface area contributed by atoms with Gasteiger partial charge >= 0.3 is 27.6 Å². The van der Waals surface area contributed by atoms with E-state index in [0.29, 0.717) is 12.8 Å². The zero-order valence-corrected chi connectivity index (χ0v) is 20.0. The minimum Gasteiger partial charge on any atom is -0.405 e. The second-order valence-corrected chi connectivity index (χ2v) is 10.0. The molecule has 0 aliphatic carbocycles. The molecular weight excluding hydrogens is 510 g/mol. The Morgan fingerprint density at radius 1 is 1.03 bits per heavy atom. The smallest absolute Gasteiger partial charge is 0.405 e. The van der Waals surface area contributed by atoms with Crippen molar-refractivity contribution in [1.29, 1.82) is 0 Å². The molecule has 34 heavy (non-hydrogen) atoms. The average molecular weight is 542 g/mol. The van der Waals surface area contributed by atoms with Crippen molar-refractivity contribution in [2.24, 2.45) is 0 Å². The van der Waals surface area contributed by atoms with E-state index < -0.39 is 77.2 Å². The van der Waals surface area contributed by atoms with Crippen molar-refractivity contribution in [2.75, 3.05) is 6.61 Å². The van der Waals surface area contributed by atoms with Crippen molar-refractivity contribution >= 4 is 21.6 Å². The molecule has 1 fully saturated rings. The monoisotopic (exact) mass is 542 g/mol. The van der Waals surface area contributed by atoms with Crippen LogP contribution in [0.25, 0.3) is 0 Å². The van der Waals surface area contributed by atoms with Crippen LogP contribution in [-0.2, 0) is 32.4 Å². The number of esters is 1. The van der Waals surface area contributed by atoms with Crippen molar-refractivity contribution < 1.29 is 77.6 Å². The van der Waals surface area contributed by atoms with E-state index in [1.54, 1.807) is 0 Å². The molecule has 0 saturated carbocycles. The van der Waals surface area contributed by atoms with E-state index >= 15 is 0 Å². The Hall–Kier alpha value is -0.550. The summed E-state index contributed by atoms with van der Waals surface area (Å²) in [7, 11) is -10.7. The molecule has 1 saturated heterocycles. The molecule has 0 aromatic rings. The molecule has 0 aromatic carbocycles. The van der Waals surface area contributed by atoms with Gasteiger partial charge in [-0.3, -0.25) is 9.32 Å². The number of carbonyl (C=O) groups excluding carboxylic acids is 1. The van der Waals surface area contributed by atoms with E-state index in [4.69, 9.17) is 29.0 Å². The summed E-state index contributed by atoms with van der Waals surface area (Å²) in [5, 5.41) is 49.5. The first-order chi connectivity index (χ1) is 15.5. The van der Waals surface area contributed by atoms with Crippen LogP contribution in [0.2, 0.25) is 0 Å². The number of aliphatic hydroxyl groups is 5. The molecule has 1 heterocycles. The van der Waals surface area contributed by atoms with Gasteiger partial charge in [-0.2, -0.15) is 0 Å². The third-order valence-corrected chi connectivity index (χ3v) is 5.87. The zero-order chi connectivity index (χ0) is 26.3. The second kappa shape index (κ2) is 13.1. The number of phosphoric acid groups is 2. The molecule has 0 bridgehead atoms. The largest absolute Gasteiger partial charge is 0.474 e. The molecule has 9 N–H and O–H groups in total. The topological polar surface area (TPSA) is 270 Å². The summed E-state index contributed by atoms with van der Waals surface area (Å²) < 4.78 is 41.0. The summed E-state index contributed by atoms with van der Waals surface area (Å²) >= 11 is 0. The summed E-state index contributed by atoms with van der Waals surface area (Å²) in [6, 6.07) is 0. The van der Waals surface area contributed by atoms with Crippen molar-refractivity contribution in [3.8, 4) is 0 Å². The minimum absolute atomic E-state index is 0.0691. The SMILES string of the molecule is CCCCCCC(OP(=O)(O)O)C(O)CC(=O)OC1(OP(=O)(O)O)O[C@H](CO)[C@@H](O)[C@H](O)[C@H]1O. The molecule has 0 aromatic heterocycles. The van der Waals surface area contributed by atoms with Crippen LogP contribution >= 0.6 is 15.6 Å². The van der Waals surface area contributed by atoms with E-state index in [9.17, 15) is 39.5 Å². The van der Waals surface area contributed by atoms with Crippen LogP contribution < -0.4 is 0 Å². The minimum atomic E-state index is -5.61. The zero-order valence-electron chi connectivity index (χ0n) is 18.2. The quantitative estimate of drug-likeness (QED) is 0.0495. The molecule has 3 unspecified atom stereocenters.